The second kappa shape index (κ2) is 9.67. The van der Waals surface area contributed by atoms with Crippen LogP contribution in [0.25, 0.3) is 20.7 Å². The highest BCUT2D eigenvalue weighted by Crippen LogP contribution is 2.34. The van der Waals surface area contributed by atoms with Crippen LogP contribution in [0.1, 0.15) is 13.8 Å². The molecule has 9 heteroatoms. The molecule has 0 atom stereocenters. The molecule has 0 aliphatic rings. The molecule has 0 saturated heterocycles. The van der Waals surface area contributed by atoms with Gasteiger partial charge in [-0.2, -0.15) is 0 Å². The molecule has 3 heterocycles. The van der Waals surface area contributed by atoms with Gasteiger partial charge in [0.05, 0.1) is 23.4 Å². The summed E-state index contributed by atoms with van der Waals surface area (Å²) in [6, 6.07) is 11.3. The SMILES string of the molecule is CCOc1ccccc1NC(=O)CSc1nc2scc(-c3cccs3)c2c(=O)n1CC. The molecule has 0 fully saturated rings. The van der Waals surface area contributed by atoms with Crippen LogP contribution in [0.4, 0.5) is 5.69 Å². The molecule has 1 amide bonds. The Labute approximate surface area is 191 Å². The molecule has 1 aromatic carbocycles. The first-order valence-corrected chi connectivity index (χ1v) is 12.6. The van der Waals surface area contributed by atoms with Crippen LogP contribution < -0.4 is 15.6 Å². The van der Waals surface area contributed by atoms with Crippen molar-refractivity contribution in [3.63, 3.8) is 0 Å². The number of nitrogens with one attached hydrogen (secondary N) is 1. The highest BCUT2D eigenvalue weighted by atomic mass is 32.2. The lowest BCUT2D eigenvalue weighted by Crippen LogP contribution is -2.23. The number of carbonyl (C=O) groups is 1. The van der Waals surface area contributed by atoms with Gasteiger partial charge in [0.2, 0.25) is 5.91 Å². The monoisotopic (exact) mass is 471 g/mol. The number of thiophene rings is 2. The Morgan fingerprint density at radius 2 is 2.03 bits per heavy atom. The van der Waals surface area contributed by atoms with Gasteiger partial charge in [0.1, 0.15) is 10.6 Å². The predicted octanol–water partition coefficient (Wildman–Crippen LogP) is 5.34. The number of thioether (sulfide) groups is 1. The summed E-state index contributed by atoms with van der Waals surface area (Å²) in [5.41, 5.74) is 1.49. The molecule has 6 nitrogen and oxygen atoms in total. The minimum Gasteiger partial charge on any atom is -0.492 e. The number of amides is 1. The summed E-state index contributed by atoms with van der Waals surface area (Å²) in [6.45, 7) is 4.81. The number of nitrogens with zero attached hydrogens (tertiary/aromatic N) is 2. The van der Waals surface area contributed by atoms with Crippen LogP contribution in [0.5, 0.6) is 5.75 Å². The maximum absolute atomic E-state index is 13.2. The molecular formula is C22H21N3O3S3. The van der Waals surface area contributed by atoms with Crippen molar-refractivity contribution in [1.29, 1.82) is 0 Å². The van der Waals surface area contributed by atoms with E-state index in [-0.39, 0.29) is 17.2 Å². The van der Waals surface area contributed by atoms with Crippen molar-refractivity contribution >= 4 is 56.2 Å². The van der Waals surface area contributed by atoms with E-state index in [9.17, 15) is 9.59 Å². The molecule has 0 aliphatic heterocycles. The molecule has 4 aromatic rings. The van der Waals surface area contributed by atoms with Crippen molar-refractivity contribution < 1.29 is 9.53 Å². The van der Waals surface area contributed by atoms with E-state index in [1.165, 1.54) is 23.1 Å². The second-order valence-corrected chi connectivity index (χ2v) is 9.26. The normalized spacial score (nSPS) is 11.0. The summed E-state index contributed by atoms with van der Waals surface area (Å²) in [5.74, 6) is 0.592. The van der Waals surface area contributed by atoms with Crippen LogP contribution >= 0.6 is 34.4 Å². The molecule has 0 aliphatic carbocycles. The average Bonchev–Trinajstić information content (AvgIpc) is 3.43. The zero-order valence-corrected chi connectivity index (χ0v) is 19.5. The second-order valence-electron chi connectivity index (χ2n) is 6.52. The summed E-state index contributed by atoms with van der Waals surface area (Å²) < 4.78 is 7.19. The molecule has 0 unspecified atom stereocenters. The van der Waals surface area contributed by atoms with E-state index in [1.807, 2.05) is 54.9 Å². The Kier molecular flexibility index (Phi) is 6.74. The number of benzene rings is 1. The van der Waals surface area contributed by atoms with Gasteiger partial charge in [-0.05, 0) is 37.4 Å². The quantitative estimate of drug-likeness (QED) is 0.278. The van der Waals surface area contributed by atoms with Gasteiger partial charge in [-0.25, -0.2) is 4.98 Å². The van der Waals surface area contributed by atoms with Crippen molar-refractivity contribution in [2.75, 3.05) is 17.7 Å². The van der Waals surface area contributed by atoms with Crippen LogP contribution in [0.3, 0.4) is 0 Å². The third-order valence-electron chi connectivity index (χ3n) is 4.55. The summed E-state index contributed by atoms with van der Waals surface area (Å²) in [6.07, 6.45) is 0. The van der Waals surface area contributed by atoms with Gasteiger partial charge < -0.3 is 10.1 Å². The first-order chi connectivity index (χ1) is 15.1. The summed E-state index contributed by atoms with van der Waals surface area (Å²) >= 11 is 4.32. The lowest BCUT2D eigenvalue weighted by Gasteiger charge is -2.12. The Morgan fingerprint density at radius 3 is 2.77 bits per heavy atom. The lowest BCUT2D eigenvalue weighted by atomic mass is 10.2. The number of para-hydroxylation sites is 2. The molecule has 0 spiro atoms. The number of carbonyl (C=O) groups excluding carboxylic acids is 1. The Hall–Kier alpha value is -2.62. The molecule has 3 aromatic heterocycles. The summed E-state index contributed by atoms with van der Waals surface area (Å²) in [4.78, 5) is 32.2. The fourth-order valence-electron chi connectivity index (χ4n) is 3.18. The number of rotatable bonds is 8. The zero-order chi connectivity index (χ0) is 21.8. The highest BCUT2D eigenvalue weighted by Gasteiger charge is 2.18. The van der Waals surface area contributed by atoms with Crippen molar-refractivity contribution in [2.24, 2.45) is 0 Å². The van der Waals surface area contributed by atoms with Gasteiger partial charge in [0, 0.05) is 22.4 Å². The van der Waals surface area contributed by atoms with E-state index in [2.05, 4.69) is 5.32 Å². The Bertz CT molecular complexity index is 1260. The first-order valence-electron chi connectivity index (χ1n) is 9.82. The van der Waals surface area contributed by atoms with Crippen molar-refractivity contribution in [1.82, 2.24) is 9.55 Å². The van der Waals surface area contributed by atoms with Crippen LogP contribution in [0.2, 0.25) is 0 Å². The molecule has 0 radical (unpaired) electrons. The minimum atomic E-state index is -0.181. The van der Waals surface area contributed by atoms with Crippen molar-refractivity contribution in [2.45, 2.75) is 25.5 Å². The van der Waals surface area contributed by atoms with Crippen molar-refractivity contribution in [3.05, 3.63) is 57.5 Å². The van der Waals surface area contributed by atoms with Crippen LogP contribution in [0.15, 0.2) is 57.1 Å². The van der Waals surface area contributed by atoms with E-state index < -0.39 is 0 Å². The van der Waals surface area contributed by atoms with Gasteiger partial charge in [0.15, 0.2) is 5.16 Å². The molecule has 160 valence electrons. The molecule has 1 N–H and O–H groups in total. The highest BCUT2D eigenvalue weighted by molar-refractivity contribution is 7.99. The standard InChI is InChI=1S/C22H21N3O3S3/c1-3-25-21(27)19-14(17-10-7-11-29-17)12-30-20(19)24-22(25)31-13-18(26)23-15-8-5-6-9-16(15)28-4-2/h5-12H,3-4,13H2,1-2H3,(H,23,26). The summed E-state index contributed by atoms with van der Waals surface area (Å²) in [5, 5.41) is 8.06. The predicted molar refractivity (Wildman–Crippen MR) is 130 cm³/mol. The van der Waals surface area contributed by atoms with E-state index in [0.29, 0.717) is 40.0 Å². The number of anilines is 1. The number of hydrogen-bond donors (Lipinski definition) is 1. The van der Waals surface area contributed by atoms with Crippen LogP contribution in [0, 0.1) is 0 Å². The maximum atomic E-state index is 13.2. The molecule has 4 rings (SSSR count). The largest absolute Gasteiger partial charge is 0.492 e. The van der Waals surface area contributed by atoms with E-state index in [1.54, 1.807) is 22.0 Å². The average molecular weight is 472 g/mol. The van der Waals surface area contributed by atoms with Crippen LogP contribution in [-0.2, 0) is 11.3 Å². The summed E-state index contributed by atoms with van der Waals surface area (Å²) in [7, 11) is 0. The first kappa shape index (κ1) is 21.6. The molecular weight excluding hydrogens is 450 g/mol. The van der Waals surface area contributed by atoms with Crippen LogP contribution in [-0.4, -0.2) is 27.8 Å². The molecule has 31 heavy (non-hydrogen) atoms. The lowest BCUT2D eigenvalue weighted by molar-refractivity contribution is -0.113. The van der Waals surface area contributed by atoms with Gasteiger partial charge in [-0.1, -0.05) is 30.0 Å². The Balaban J connectivity index is 1.56. The van der Waals surface area contributed by atoms with Gasteiger partial charge in [0.25, 0.3) is 5.56 Å². The fraction of sp³-hybridized carbons (Fsp3) is 0.227. The number of hydrogen-bond acceptors (Lipinski definition) is 7. The third-order valence-corrected chi connectivity index (χ3v) is 7.31. The topological polar surface area (TPSA) is 73.2 Å². The minimum absolute atomic E-state index is 0.0678. The van der Waals surface area contributed by atoms with Crippen molar-refractivity contribution in [3.8, 4) is 16.2 Å². The smallest absolute Gasteiger partial charge is 0.263 e. The van der Waals surface area contributed by atoms with Gasteiger partial charge >= 0.3 is 0 Å². The van der Waals surface area contributed by atoms with E-state index in [4.69, 9.17) is 9.72 Å². The number of ether oxygens (including phenoxy) is 1. The molecule has 0 bridgehead atoms. The van der Waals surface area contributed by atoms with E-state index >= 15 is 0 Å². The fourth-order valence-corrected chi connectivity index (χ4v) is 5.84. The number of fused-ring (bicyclic) bond motifs is 1. The zero-order valence-electron chi connectivity index (χ0n) is 17.1. The maximum Gasteiger partial charge on any atom is 0.263 e. The number of aromatic nitrogens is 2. The van der Waals surface area contributed by atoms with Gasteiger partial charge in [-0.15, -0.1) is 22.7 Å². The molecule has 0 saturated carbocycles. The Morgan fingerprint density at radius 1 is 1.19 bits per heavy atom. The van der Waals surface area contributed by atoms with Gasteiger partial charge in [-0.3, -0.25) is 14.2 Å². The van der Waals surface area contributed by atoms with E-state index in [0.717, 1.165) is 10.4 Å². The third kappa shape index (κ3) is 4.53.